The molecular weight excluding hydrogens is 240 g/mol. The van der Waals surface area contributed by atoms with Gasteiger partial charge in [-0.15, -0.1) is 11.8 Å². The highest BCUT2D eigenvalue weighted by Crippen LogP contribution is 2.38. The Kier molecular flexibility index (Phi) is 5.58. The molecule has 0 spiro atoms. The van der Waals surface area contributed by atoms with E-state index in [4.69, 9.17) is 0 Å². The monoisotopic (exact) mass is 266 g/mol. The molecule has 0 amide bonds. The van der Waals surface area contributed by atoms with E-state index in [1.165, 1.54) is 30.6 Å². The fourth-order valence-electron chi connectivity index (χ4n) is 2.15. The van der Waals surface area contributed by atoms with Crippen molar-refractivity contribution in [1.29, 1.82) is 0 Å². The highest BCUT2D eigenvalue weighted by molar-refractivity contribution is 8.00. The van der Waals surface area contributed by atoms with Crippen LogP contribution in [0.5, 0.6) is 5.75 Å². The first-order chi connectivity index (χ1) is 8.35. The number of hydrogen-bond donors (Lipinski definition) is 1. The molecule has 1 rings (SSSR count). The summed E-state index contributed by atoms with van der Waals surface area (Å²) in [6.07, 6.45) is 5.13. The Hall–Kier alpha value is -0.630. The number of rotatable bonds is 6. The number of hydrogen-bond acceptors (Lipinski definition) is 2. The molecule has 0 bridgehead atoms. The maximum atomic E-state index is 9.79. The Balaban J connectivity index is 2.71. The molecule has 0 fully saturated rings. The van der Waals surface area contributed by atoms with Crippen molar-refractivity contribution in [3.8, 4) is 5.75 Å². The van der Waals surface area contributed by atoms with Gasteiger partial charge in [0.2, 0.25) is 0 Å². The molecule has 0 saturated heterocycles. The number of phenolic OH excluding ortho intramolecular Hbond substituents is 1. The number of thioether (sulfide) groups is 1. The Bertz CT molecular complexity index is 373. The molecule has 0 aliphatic rings. The Morgan fingerprint density at radius 1 is 1.11 bits per heavy atom. The molecule has 2 heteroatoms. The molecule has 0 aliphatic heterocycles. The molecule has 0 aromatic heterocycles. The predicted molar refractivity (Wildman–Crippen MR) is 81.7 cm³/mol. The first-order valence-electron chi connectivity index (χ1n) is 6.85. The highest BCUT2D eigenvalue weighted by atomic mass is 32.2. The lowest BCUT2D eigenvalue weighted by molar-refractivity contribution is 0.466. The molecule has 0 radical (unpaired) electrons. The van der Waals surface area contributed by atoms with Crippen LogP contribution < -0.4 is 0 Å². The van der Waals surface area contributed by atoms with Crippen molar-refractivity contribution in [1.82, 2.24) is 0 Å². The Morgan fingerprint density at radius 3 is 2.17 bits per heavy atom. The van der Waals surface area contributed by atoms with Crippen LogP contribution in [0.25, 0.3) is 0 Å². The lowest BCUT2D eigenvalue weighted by atomic mass is 10.0. The fraction of sp³-hybridized carbons (Fsp3) is 0.625. The van der Waals surface area contributed by atoms with Crippen molar-refractivity contribution >= 4 is 11.8 Å². The third-order valence-electron chi connectivity index (χ3n) is 3.24. The van der Waals surface area contributed by atoms with Crippen molar-refractivity contribution in [2.24, 2.45) is 0 Å². The summed E-state index contributed by atoms with van der Waals surface area (Å²) in [6, 6.07) is 4.18. The van der Waals surface area contributed by atoms with E-state index < -0.39 is 0 Å². The van der Waals surface area contributed by atoms with Crippen molar-refractivity contribution in [3.63, 3.8) is 0 Å². The normalized spacial score (nSPS) is 11.8. The number of phenols is 1. The van der Waals surface area contributed by atoms with Gasteiger partial charge >= 0.3 is 0 Å². The third kappa shape index (κ3) is 4.56. The molecule has 18 heavy (non-hydrogen) atoms. The van der Waals surface area contributed by atoms with E-state index >= 15 is 0 Å². The molecule has 0 unspecified atom stereocenters. The Labute approximate surface area is 116 Å². The summed E-state index contributed by atoms with van der Waals surface area (Å²) in [7, 11) is 0. The SMILES string of the molecule is CCCCCC(C)(C)Sc1cc(C)c(O)c(C)c1. The van der Waals surface area contributed by atoms with Gasteiger partial charge in [0.25, 0.3) is 0 Å². The molecule has 102 valence electrons. The second kappa shape index (κ2) is 6.51. The number of aromatic hydroxyl groups is 1. The summed E-state index contributed by atoms with van der Waals surface area (Å²) in [4.78, 5) is 1.27. The first kappa shape index (κ1) is 15.4. The largest absolute Gasteiger partial charge is 0.507 e. The molecule has 1 aromatic carbocycles. The molecule has 0 heterocycles. The van der Waals surface area contributed by atoms with Gasteiger partial charge in [0.05, 0.1) is 0 Å². The zero-order valence-corrected chi connectivity index (χ0v) is 13.2. The maximum Gasteiger partial charge on any atom is 0.121 e. The highest BCUT2D eigenvalue weighted by Gasteiger charge is 2.19. The summed E-state index contributed by atoms with van der Waals surface area (Å²) in [5.41, 5.74) is 1.95. The summed E-state index contributed by atoms with van der Waals surface area (Å²) >= 11 is 1.92. The molecule has 1 aromatic rings. The predicted octanol–water partition coefficient (Wildman–Crippen LogP) is 5.46. The topological polar surface area (TPSA) is 20.2 Å². The van der Waals surface area contributed by atoms with Gasteiger partial charge in [0.15, 0.2) is 0 Å². The van der Waals surface area contributed by atoms with Crippen LogP contribution in [0.3, 0.4) is 0 Å². The zero-order chi connectivity index (χ0) is 13.8. The lowest BCUT2D eigenvalue weighted by Crippen LogP contribution is -2.14. The molecular formula is C16H26OS. The minimum Gasteiger partial charge on any atom is -0.507 e. The van der Waals surface area contributed by atoms with E-state index in [1.807, 2.05) is 25.6 Å². The van der Waals surface area contributed by atoms with Crippen LogP contribution in [0.4, 0.5) is 0 Å². The van der Waals surface area contributed by atoms with Crippen molar-refractivity contribution in [3.05, 3.63) is 23.3 Å². The average Bonchev–Trinajstić information content (AvgIpc) is 2.25. The van der Waals surface area contributed by atoms with Crippen LogP contribution in [-0.2, 0) is 0 Å². The summed E-state index contributed by atoms with van der Waals surface area (Å²) in [5, 5.41) is 9.79. The first-order valence-corrected chi connectivity index (χ1v) is 7.66. The molecule has 1 N–H and O–H groups in total. The fourth-order valence-corrected chi connectivity index (χ4v) is 3.50. The van der Waals surface area contributed by atoms with Crippen molar-refractivity contribution < 1.29 is 5.11 Å². The van der Waals surface area contributed by atoms with Crippen LogP contribution >= 0.6 is 11.8 Å². The van der Waals surface area contributed by atoms with Crippen LogP contribution in [0.1, 0.15) is 57.6 Å². The van der Waals surface area contributed by atoms with Crippen molar-refractivity contribution in [2.75, 3.05) is 0 Å². The molecule has 0 aliphatic carbocycles. The van der Waals surface area contributed by atoms with Gasteiger partial charge < -0.3 is 5.11 Å². The molecule has 0 atom stereocenters. The van der Waals surface area contributed by atoms with Crippen LogP contribution in [0.2, 0.25) is 0 Å². The Morgan fingerprint density at radius 2 is 1.67 bits per heavy atom. The van der Waals surface area contributed by atoms with E-state index in [2.05, 4.69) is 32.9 Å². The zero-order valence-electron chi connectivity index (χ0n) is 12.3. The van der Waals surface area contributed by atoms with E-state index in [0.29, 0.717) is 5.75 Å². The molecule has 0 saturated carbocycles. The van der Waals surface area contributed by atoms with E-state index in [1.54, 1.807) is 0 Å². The maximum absolute atomic E-state index is 9.79. The third-order valence-corrected chi connectivity index (χ3v) is 4.47. The van der Waals surface area contributed by atoms with Crippen LogP contribution in [-0.4, -0.2) is 9.85 Å². The van der Waals surface area contributed by atoms with Crippen LogP contribution in [0, 0.1) is 13.8 Å². The smallest absolute Gasteiger partial charge is 0.121 e. The van der Waals surface area contributed by atoms with Gasteiger partial charge in [-0.2, -0.15) is 0 Å². The number of aryl methyl sites for hydroxylation is 2. The number of benzene rings is 1. The summed E-state index contributed by atoms with van der Waals surface area (Å²) in [6.45, 7) is 10.8. The van der Waals surface area contributed by atoms with Crippen LogP contribution in [0.15, 0.2) is 17.0 Å². The second-order valence-electron chi connectivity index (χ2n) is 5.72. The van der Waals surface area contributed by atoms with Gasteiger partial charge in [-0.1, -0.05) is 40.0 Å². The standard InChI is InChI=1S/C16H26OS/c1-6-7-8-9-16(4,5)18-14-10-12(2)15(17)13(3)11-14/h10-11,17H,6-9H2,1-5H3. The minimum absolute atomic E-state index is 0.269. The van der Waals surface area contributed by atoms with E-state index in [-0.39, 0.29) is 4.75 Å². The van der Waals surface area contributed by atoms with Gasteiger partial charge in [-0.25, -0.2) is 0 Å². The molecule has 1 nitrogen and oxygen atoms in total. The second-order valence-corrected chi connectivity index (χ2v) is 7.51. The van der Waals surface area contributed by atoms with Crippen molar-refractivity contribution in [2.45, 2.75) is 69.9 Å². The van der Waals surface area contributed by atoms with Gasteiger partial charge in [0, 0.05) is 9.64 Å². The van der Waals surface area contributed by atoms with E-state index in [9.17, 15) is 5.11 Å². The summed E-state index contributed by atoms with van der Waals surface area (Å²) in [5.74, 6) is 0.433. The number of unbranched alkanes of at least 4 members (excludes halogenated alkanes) is 2. The van der Waals surface area contributed by atoms with Gasteiger partial charge in [-0.3, -0.25) is 0 Å². The summed E-state index contributed by atoms with van der Waals surface area (Å²) < 4.78 is 0.269. The minimum atomic E-state index is 0.269. The van der Waals surface area contributed by atoms with Gasteiger partial charge in [0.1, 0.15) is 5.75 Å². The average molecular weight is 266 g/mol. The van der Waals surface area contributed by atoms with Gasteiger partial charge in [-0.05, 0) is 43.5 Å². The lowest BCUT2D eigenvalue weighted by Gasteiger charge is -2.24. The quantitative estimate of drug-likeness (QED) is 0.545. The van der Waals surface area contributed by atoms with E-state index in [0.717, 1.165) is 11.1 Å².